The molecular formula is C31H37N3O3. The molecule has 3 aromatic rings. The highest BCUT2D eigenvalue weighted by Crippen LogP contribution is 2.29. The minimum absolute atomic E-state index is 0.123. The Kier molecular flexibility index (Phi) is 8.51. The van der Waals surface area contributed by atoms with Crippen molar-refractivity contribution in [2.24, 2.45) is 5.92 Å². The topological polar surface area (TPSA) is 65.0 Å². The predicted molar refractivity (Wildman–Crippen MR) is 146 cm³/mol. The van der Waals surface area contributed by atoms with E-state index >= 15 is 0 Å². The molecule has 6 heteroatoms. The van der Waals surface area contributed by atoms with Gasteiger partial charge in [-0.1, -0.05) is 78.9 Å². The zero-order valence-corrected chi connectivity index (χ0v) is 21.3. The average molecular weight is 500 g/mol. The van der Waals surface area contributed by atoms with E-state index in [0.717, 1.165) is 50.5 Å². The Bertz CT molecular complexity index is 1090. The number of aliphatic hydroxyl groups is 1. The Morgan fingerprint density at radius 1 is 0.865 bits per heavy atom. The highest BCUT2D eigenvalue weighted by molar-refractivity contribution is 5.78. The largest absolute Gasteiger partial charge is 0.491 e. The molecule has 3 aromatic carbocycles. The van der Waals surface area contributed by atoms with E-state index in [1.807, 2.05) is 18.2 Å². The van der Waals surface area contributed by atoms with Gasteiger partial charge in [-0.2, -0.15) is 0 Å². The molecule has 2 aliphatic heterocycles. The summed E-state index contributed by atoms with van der Waals surface area (Å²) in [5.74, 6) is 1.23. The maximum Gasteiger partial charge on any atom is 0.220 e. The highest BCUT2D eigenvalue weighted by atomic mass is 16.5. The number of hydrogen-bond acceptors (Lipinski definition) is 5. The van der Waals surface area contributed by atoms with E-state index in [1.54, 1.807) is 0 Å². The molecule has 1 amide bonds. The lowest BCUT2D eigenvalue weighted by Crippen LogP contribution is -2.50. The second kappa shape index (κ2) is 12.4. The van der Waals surface area contributed by atoms with Crippen molar-refractivity contribution in [3.8, 4) is 5.75 Å². The Hall–Kier alpha value is -3.19. The van der Waals surface area contributed by atoms with E-state index in [4.69, 9.17) is 4.74 Å². The normalized spacial score (nSPS) is 19.6. The first-order valence-corrected chi connectivity index (χ1v) is 13.4. The van der Waals surface area contributed by atoms with E-state index in [2.05, 4.69) is 81.8 Å². The number of rotatable bonds is 10. The summed E-state index contributed by atoms with van der Waals surface area (Å²) in [5, 5.41) is 13.7. The second-order valence-electron chi connectivity index (χ2n) is 10.2. The number of para-hydroxylation sites is 1. The first-order chi connectivity index (χ1) is 18.2. The number of carbonyl (C=O) groups is 1. The van der Waals surface area contributed by atoms with Gasteiger partial charge in [-0.3, -0.25) is 14.6 Å². The smallest absolute Gasteiger partial charge is 0.220 e. The lowest BCUT2D eigenvalue weighted by molar-refractivity contribution is -0.119. The zero-order valence-electron chi connectivity index (χ0n) is 21.3. The van der Waals surface area contributed by atoms with Crippen LogP contribution in [0, 0.1) is 5.92 Å². The molecule has 0 spiro atoms. The Morgan fingerprint density at radius 2 is 1.49 bits per heavy atom. The monoisotopic (exact) mass is 499 g/mol. The van der Waals surface area contributed by atoms with E-state index < -0.39 is 6.10 Å². The van der Waals surface area contributed by atoms with Crippen molar-refractivity contribution in [2.45, 2.75) is 25.0 Å². The van der Waals surface area contributed by atoms with Crippen LogP contribution in [0.5, 0.6) is 5.75 Å². The number of nitrogens with zero attached hydrogens (tertiary/aromatic N) is 2. The first kappa shape index (κ1) is 25.5. The van der Waals surface area contributed by atoms with Gasteiger partial charge in [-0.05, 0) is 35.1 Å². The number of β-amino-alcohol motifs (C(OH)–C–C–N with tert-alkyl or cyclic N) is 1. The molecule has 2 heterocycles. The molecule has 0 radical (unpaired) electrons. The quantitative estimate of drug-likeness (QED) is 0.447. The number of nitrogens with one attached hydrogen (secondary N) is 1. The number of carbonyl (C=O) groups excluding carboxylic acids is 1. The summed E-state index contributed by atoms with van der Waals surface area (Å²) in [6.45, 7) is 5.28. The average Bonchev–Trinajstić information content (AvgIpc) is 3.35. The summed E-state index contributed by atoms with van der Waals surface area (Å²) in [5.41, 5.74) is 3.72. The van der Waals surface area contributed by atoms with Gasteiger partial charge in [-0.15, -0.1) is 0 Å². The van der Waals surface area contributed by atoms with Gasteiger partial charge in [0.05, 0.1) is 6.04 Å². The van der Waals surface area contributed by atoms with Gasteiger partial charge in [0.15, 0.2) is 0 Å². The van der Waals surface area contributed by atoms with E-state index in [1.165, 1.54) is 11.1 Å². The third-order valence-electron chi connectivity index (χ3n) is 7.45. The molecule has 0 aromatic heterocycles. The molecule has 6 nitrogen and oxygen atoms in total. The highest BCUT2D eigenvalue weighted by Gasteiger charge is 2.27. The molecule has 194 valence electrons. The van der Waals surface area contributed by atoms with Gasteiger partial charge in [0.25, 0.3) is 0 Å². The minimum Gasteiger partial charge on any atom is -0.491 e. The number of benzene rings is 3. The van der Waals surface area contributed by atoms with Gasteiger partial charge in [0.1, 0.15) is 18.5 Å². The fraction of sp³-hybridized carbons (Fsp3) is 0.387. The van der Waals surface area contributed by atoms with Crippen LogP contribution in [0.15, 0.2) is 84.9 Å². The van der Waals surface area contributed by atoms with Crippen LogP contribution in [0.25, 0.3) is 0 Å². The molecule has 2 saturated heterocycles. The van der Waals surface area contributed by atoms with Crippen LogP contribution in [0.2, 0.25) is 0 Å². The first-order valence-electron chi connectivity index (χ1n) is 13.4. The maximum atomic E-state index is 11.6. The van der Waals surface area contributed by atoms with Crippen molar-refractivity contribution < 1.29 is 14.6 Å². The fourth-order valence-electron chi connectivity index (χ4n) is 5.56. The van der Waals surface area contributed by atoms with Crippen molar-refractivity contribution in [1.29, 1.82) is 0 Å². The van der Waals surface area contributed by atoms with Crippen molar-refractivity contribution in [1.82, 2.24) is 15.1 Å². The molecule has 0 saturated carbocycles. The number of piperazine rings is 1. The summed E-state index contributed by atoms with van der Waals surface area (Å²) in [7, 11) is 0. The number of ether oxygens (including phenoxy) is 1. The molecule has 0 aliphatic carbocycles. The molecule has 2 unspecified atom stereocenters. The van der Waals surface area contributed by atoms with Crippen LogP contribution in [0.1, 0.15) is 29.2 Å². The van der Waals surface area contributed by atoms with Gasteiger partial charge in [0.2, 0.25) is 5.91 Å². The number of aliphatic hydroxyl groups excluding tert-OH is 1. The van der Waals surface area contributed by atoms with Crippen LogP contribution in [-0.4, -0.2) is 72.8 Å². The van der Waals surface area contributed by atoms with E-state index in [0.29, 0.717) is 18.9 Å². The third kappa shape index (κ3) is 6.77. The number of hydrogen-bond donors (Lipinski definition) is 2. The van der Waals surface area contributed by atoms with Crippen LogP contribution in [0.3, 0.4) is 0 Å². The van der Waals surface area contributed by atoms with Gasteiger partial charge < -0.3 is 15.2 Å². The van der Waals surface area contributed by atoms with Crippen LogP contribution in [-0.2, 0) is 11.2 Å². The second-order valence-corrected chi connectivity index (χ2v) is 10.2. The Labute approximate surface area is 219 Å². The fourth-order valence-corrected chi connectivity index (χ4v) is 5.56. The molecule has 37 heavy (non-hydrogen) atoms. The predicted octanol–water partition coefficient (Wildman–Crippen LogP) is 3.51. The standard InChI is InChI=1S/C31H37N3O3/c35-28(23-37-29-14-8-7-13-27(29)19-24-20-30(36)32-21-24)22-33-15-17-34(18-16-33)31(25-9-3-1-4-10-25)26-11-5-2-6-12-26/h1-14,24,28,31,35H,15-23H2,(H,32,36). The summed E-state index contributed by atoms with van der Waals surface area (Å²) in [6, 6.07) is 29.6. The van der Waals surface area contributed by atoms with E-state index in [-0.39, 0.29) is 18.6 Å². The van der Waals surface area contributed by atoms with Crippen LogP contribution in [0.4, 0.5) is 0 Å². The third-order valence-corrected chi connectivity index (χ3v) is 7.45. The van der Waals surface area contributed by atoms with E-state index in [9.17, 15) is 9.90 Å². The molecule has 2 fully saturated rings. The van der Waals surface area contributed by atoms with Crippen molar-refractivity contribution in [2.75, 3.05) is 45.9 Å². The van der Waals surface area contributed by atoms with Crippen LogP contribution >= 0.6 is 0 Å². The summed E-state index contributed by atoms with van der Waals surface area (Å²) >= 11 is 0. The SMILES string of the molecule is O=C1CC(Cc2ccccc2OCC(O)CN2CCN(C(c3ccccc3)c3ccccc3)CC2)CN1. The molecule has 2 aliphatic rings. The molecule has 2 atom stereocenters. The van der Waals surface area contributed by atoms with Gasteiger partial charge in [-0.25, -0.2) is 0 Å². The minimum atomic E-state index is -0.562. The molecule has 2 N–H and O–H groups in total. The molecule has 0 bridgehead atoms. The lowest BCUT2D eigenvalue weighted by Gasteiger charge is -2.40. The van der Waals surface area contributed by atoms with Crippen molar-refractivity contribution in [3.05, 3.63) is 102 Å². The summed E-state index contributed by atoms with van der Waals surface area (Å²) in [6.07, 6.45) is 0.809. The number of amides is 1. The van der Waals surface area contributed by atoms with Crippen LogP contribution < -0.4 is 10.1 Å². The van der Waals surface area contributed by atoms with Gasteiger partial charge in [0, 0.05) is 45.7 Å². The van der Waals surface area contributed by atoms with Crippen molar-refractivity contribution >= 4 is 5.91 Å². The summed E-state index contributed by atoms with van der Waals surface area (Å²) < 4.78 is 6.06. The zero-order chi connectivity index (χ0) is 25.5. The molecule has 5 rings (SSSR count). The Morgan fingerprint density at radius 3 is 2.11 bits per heavy atom. The van der Waals surface area contributed by atoms with Gasteiger partial charge >= 0.3 is 0 Å². The lowest BCUT2D eigenvalue weighted by atomic mass is 9.96. The molecular weight excluding hydrogens is 462 g/mol. The summed E-state index contributed by atoms with van der Waals surface area (Å²) in [4.78, 5) is 16.4. The van der Waals surface area contributed by atoms with Crippen molar-refractivity contribution in [3.63, 3.8) is 0 Å². The Balaban J connectivity index is 1.13. The maximum absolute atomic E-state index is 11.6.